The van der Waals surface area contributed by atoms with E-state index in [9.17, 15) is 14.4 Å². The molecule has 0 heterocycles. The summed E-state index contributed by atoms with van der Waals surface area (Å²) in [7, 11) is 8.29. The van der Waals surface area contributed by atoms with Gasteiger partial charge in [0.05, 0.1) is 32.5 Å². The van der Waals surface area contributed by atoms with E-state index in [1.807, 2.05) is 0 Å². The average molecular weight is 631 g/mol. The largest absolute Gasteiger partial charge is 0.468 e. The van der Waals surface area contributed by atoms with Crippen LogP contribution in [0.15, 0.2) is 48.5 Å². The van der Waals surface area contributed by atoms with E-state index in [0.29, 0.717) is 22.6 Å². The molecule has 248 valence electrons. The Labute approximate surface area is 256 Å². The van der Waals surface area contributed by atoms with Crippen LogP contribution in [0.1, 0.15) is 41.0 Å². The molecule has 1 atom stereocenters. The highest BCUT2D eigenvalue weighted by molar-refractivity contribution is 5.90. The minimum atomic E-state index is -1.55. The molecule has 0 aromatic heterocycles. The Balaban J connectivity index is -0.000000531. The first-order valence-corrected chi connectivity index (χ1v) is 12.6. The van der Waals surface area contributed by atoms with Crippen molar-refractivity contribution in [3.05, 3.63) is 59.7 Å². The van der Waals surface area contributed by atoms with Crippen LogP contribution in [0.5, 0.6) is 11.5 Å². The zero-order valence-corrected chi connectivity index (χ0v) is 26.2. The maximum Gasteiger partial charge on any atom is 0.373 e. The monoisotopic (exact) mass is 630 g/mol. The van der Waals surface area contributed by atoms with Gasteiger partial charge in [-0.1, -0.05) is 26.3 Å². The first-order valence-electron chi connectivity index (χ1n) is 12.6. The van der Waals surface area contributed by atoms with E-state index < -0.39 is 12.3 Å². The SMILES string of the molecule is CCC.COCOC(O)C(=O)OC.COCOc1ccc(C(=O)OC)cc1.COCOc1cccc(C(=O)OC)c1.O=C=O. The molecular weight excluding hydrogens is 588 g/mol. The predicted octanol–water partition coefficient (Wildman–Crippen LogP) is 2.84. The molecule has 2 aromatic carbocycles. The molecule has 0 radical (unpaired) electrons. The molecule has 2 aromatic rings. The third-order valence-electron chi connectivity index (χ3n) is 3.96. The lowest BCUT2D eigenvalue weighted by atomic mass is 10.2. The molecule has 0 saturated carbocycles. The lowest BCUT2D eigenvalue weighted by molar-refractivity contribution is -0.197. The molecule has 44 heavy (non-hydrogen) atoms. The molecule has 1 unspecified atom stereocenters. The fraction of sp³-hybridized carbons (Fsp3) is 0.448. The van der Waals surface area contributed by atoms with Gasteiger partial charge < -0.3 is 47.7 Å². The van der Waals surface area contributed by atoms with Gasteiger partial charge in [0, 0.05) is 21.3 Å². The van der Waals surface area contributed by atoms with Crippen molar-refractivity contribution >= 4 is 24.1 Å². The summed E-state index contributed by atoms with van der Waals surface area (Å²) in [4.78, 5) is 48.8. The van der Waals surface area contributed by atoms with E-state index >= 15 is 0 Å². The topological polar surface area (TPSA) is 189 Å². The minimum Gasteiger partial charge on any atom is -0.468 e. The third kappa shape index (κ3) is 24.2. The van der Waals surface area contributed by atoms with E-state index in [0.717, 1.165) is 7.11 Å². The summed E-state index contributed by atoms with van der Waals surface area (Å²) in [6.07, 6.45) is -0.0510. The number of esters is 3. The molecule has 15 nitrogen and oxygen atoms in total. The van der Waals surface area contributed by atoms with E-state index in [2.05, 4.69) is 37.5 Å². The Bertz CT molecular complexity index is 1040. The van der Waals surface area contributed by atoms with Crippen molar-refractivity contribution in [3.8, 4) is 11.5 Å². The molecule has 0 spiro atoms. The van der Waals surface area contributed by atoms with Crippen molar-refractivity contribution in [2.45, 2.75) is 26.6 Å². The number of methoxy groups -OCH3 is 6. The fourth-order valence-corrected chi connectivity index (χ4v) is 2.19. The Hall–Kier alpha value is -4.37. The van der Waals surface area contributed by atoms with Crippen LogP contribution >= 0.6 is 0 Å². The second-order valence-electron chi connectivity index (χ2n) is 7.38. The molecule has 0 aliphatic rings. The number of rotatable bonds is 12. The number of carbonyl (C=O) groups excluding carboxylic acids is 5. The second kappa shape index (κ2) is 31.6. The summed E-state index contributed by atoms with van der Waals surface area (Å²) in [6.45, 7) is 4.46. The average Bonchev–Trinajstić information content (AvgIpc) is 3.05. The summed E-state index contributed by atoms with van der Waals surface area (Å²) >= 11 is 0. The van der Waals surface area contributed by atoms with Gasteiger partial charge in [0.15, 0.2) is 13.6 Å². The van der Waals surface area contributed by atoms with Gasteiger partial charge in [-0.25, -0.2) is 14.4 Å². The van der Waals surface area contributed by atoms with E-state index in [1.165, 1.54) is 34.9 Å². The standard InChI is InChI=1S/2C10H12O4.C5H10O5.C3H8.CO2/c1-12-7-14-9-5-3-8(4-6-9)10(11)13-2;1-12-7-14-9-5-3-4-8(6-9)10(11)13-2;1-8-3-10-5(7)4(6)9-2;1-3-2;2-1-3/h2*3-6H,7H2,1-2H3;5,7H,3H2,1-2H3;3H2,1-2H3;. The lowest BCUT2D eigenvalue weighted by Crippen LogP contribution is -2.25. The number of benzene rings is 2. The predicted molar refractivity (Wildman–Crippen MR) is 153 cm³/mol. The number of ether oxygens (including phenoxy) is 9. The van der Waals surface area contributed by atoms with Gasteiger partial charge >= 0.3 is 24.1 Å². The Morgan fingerprint density at radius 2 is 1.14 bits per heavy atom. The molecule has 0 aliphatic carbocycles. The van der Waals surface area contributed by atoms with Gasteiger partial charge in [-0.2, -0.15) is 9.59 Å². The lowest BCUT2D eigenvalue weighted by Gasteiger charge is -2.07. The Kier molecular flexibility index (Phi) is 31.6. The summed E-state index contributed by atoms with van der Waals surface area (Å²) < 4.78 is 41.9. The Morgan fingerprint density at radius 3 is 1.57 bits per heavy atom. The Morgan fingerprint density at radius 1 is 0.682 bits per heavy atom. The number of aliphatic hydroxyl groups is 1. The van der Waals surface area contributed by atoms with Crippen molar-refractivity contribution in [2.75, 3.05) is 63.0 Å². The van der Waals surface area contributed by atoms with Gasteiger partial charge in [-0.05, 0) is 42.5 Å². The quantitative estimate of drug-likeness (QED) is 0.205. The smallest absolute Gasteiger partial charge is 0.373 e. The van der Waals surface area contributed by atoms with E-state index in [-0.39, 0.29) is 38.5 Å². The zero-order valence-electron chi connectivity index (χ0n) is 26.2. The van der Waals surface area contributed by atoms with Gasteiger partial charge in [0.2, 0.25) is 0 Å². The van der Waals surface area contributed by atoms with Crippen molar-refractivity contribution in [1.29, 1.82) is 0 Å². The molecule has 15 heteroatoms. The van der Waals surface area contributed by atoms with Crippen LogP contribution in [0.25, 0.3) is 0 Å². The molecule has 0 aliphatic heterocycles. The van der Waals surface area contributed by atoms with Crippen LogP contribution in [0.4, 0.5) is 0 Å². The molecule has 0 saturated heterocycles. The third-order valence-corrected chi connectivity index (χ3v) is 3.96. The second-order valence-corrected chi connectivity index (χ2v) is 7.38. The minimum absolute atomic E-state index is 0.143. The van der Waals surface area contributed by atoms with Crippen LogP contribution in [0.3, 0.4) is 0 Å². The number of hydrogen-bond acceptors (Lipinski definition) is 15. The molecule has 1 N–H and O–H groups in total. The number of carbonyl (C=O) groups is 3. The highest BCUT2D eigenvalue weighted by Crippen LogP contribution is 2.14. The molecule has 0 amide bonds. The summed E-state index contributed by atoms with van der Waals surface area (Å²) in [6, 6.07) is 13.4. The van der Waals surface area contributed by atoms with Gasteiger partial charge in [-0.15, -0.1) is 0 Å². The maximum absolute atomic E-state index is 11.1. The van der Waals surface area contributed by atoms with Crippen molar-refractivity contribution in [3.63, 3.8) is 0 Å². The maximum atomic E-state index is 11.1. The first-order chi connectivity index (χ1) is 21.1. The van der Waals surface area contributed by atoms with Crippen LogP contribution in [0, 0.1) is 0 Å². The van der Waals surface area contributed by atoms with E-state index in [4.69, 9.17) is 33.6 Å². The normalized spacial score (nSPS) is 9.57. The van der Waals surface area contributed by atoms with Crippen molar-refractivity contribution < 1.29 is 71.7 Å². The van der Waals surface area contributed by atoms with Gasteiger partial charge in [-0.3, -0.25) is 0 Å². The van der Waals surface area contributed by atoms with Gasteiger partial charge in [0.1, 0.15) is 18.3 Å². The highest BCUT2D eigenvalue weighted by Gasteiger charge is 2.14. The van der Waals surface area contributed by atoms with Crippen LogP contribution in [-0.4, -0.2) is 98.5 Å². The summed E-state index contributed by atoms with van der Waals surface area (Å²) in [5.74, 6) is -0.345. The first kappa shape index (κ1) is 44.1. The van der Waals surface area contributed by atoms with Gasteiger partial charge in [0.25, 0.3) is 6.29 Å². The van der Waals surface area contributed by atoms with Crippen molar-refractivity contribution in [1.82, 2.24) is 0 Å². The fourth-order valence-electron chi connectivity index (χ4n) is 2.19. The van der Waals surface area contributed by atoms with E-state index in [1.54, 1.807) is 55.6 Å². The number of aliphatic hydroxyl groups excluding tert-OH is 1. The molecule has 0 fully saturated rings. The van der Waals surface area contributed by atoms with Crippen LogP contribution in [-0.2, 0) is 47.5 Å². The van der Waals surface area contributed by atoms with Crippen LogP contribution in [0.2, 0.25) is 0 Å². The highest BCUT2D eigenvalue weighted by atomic mass is 16.7. The number of hydrogen-bond donors (Lipinski definition) is 1. The molecular formula is C29H42O15. The van der Waals surface area contributed by atoms with Crippen molar-refractivity contribution in [2.24, 2.45) is 0 Å². The summed E-state index contributed by atoms with van der Waals surface area (Å²) in [5.41, 5.74) is 0.957. The molecule has 2 rings (SSSR count). The molecule has 0 bridgehead atoms. The van der Waals surface area contributed by atoms with Crippen LogP contribution < -0.4 is 9.47 Å². The zero-order chi connectivity index (χ0) is 34.2. The summed E-state index contributed by atoms with van der Waals surface area (Å²) in [5, 5.41) is 8.67.